The van der Waals surface area contributed by atoms with Gasteiger partial charge in [0.05, 0.1) is 27.5 Å². The predicted octanol–water partition coefficient (Wildman–Crippen LogP) is 2.98. The van der Waals surface area contributed by atoms with Crippen LogP contribution in [-0.2, 0) is 0 Å². The van der Waals surface area contributed by atoms with E-state index in [2.05, 4.69) is 30.7 Å². The highest BCUT2D eigenvalue weighted by Crippen LogP contribution is 2.33. The van der Waals surface area contributed by atoms with Gasteiger partial charge in [-0.05, 0) is 12.1 Å². The van der Waals surface area contributed by atoms with Crippen LogP contribution in [0.5, 0.6) is 17.2 Å². The molecule has 0 aliphatic heterocycles. The standard InChI is InChI=1S/C19H18N6O3/c1-26-14-9-16(28-3)15(27-2)8-11(14)10-20-24-19-22-18-17(23-25-19)12-6-4-5-7-13(12)21-18/h4-10H,1-3H3,(H2,21,22,24,25)/b20-10+. The number of aromatic amines is 1. The van der Waals surface area contributed by atoms with Crippen molar-refractivity contribution in [3.63, 3.8) is 0 Å². The van der Waals surface area contributed by atoms with Gasteiger partial charge in [-0.1, -0.05) is 18.2 Å². The quantitative estimate of drug-likeness (QED) is 0.392. The van der Waals surface area contributed by atoms with Gasteiger partial charge in [0.2, 0.25) is 0 Å². The third-order valence-electron chi connectivity index (χ3n) is 4.23. The lowest BCUT2D eigenvalue weighted by molar-refractivity contribution is 0.349. The summed E-state index contributed by atoms with van der Waals surface area (Å²) in [6.07, 6.45) is 1.58. The summed E-state index contributed by atoms with van der Waals surface area (Å²) in [5.41, 5.74) is 5.79. The Hall–Kier alpha value is -3.88. The fourth-order valence-corrected chi connectivity index (χ4v) is 2.88. The second kappa shape index (κ2) is 7.39. The molecule has 2 aromatic carbocycles. The number of fused-ring (bicyclic) bond motifs is 3. The monoisotopic (exact) mass is 378 g/mol. The summed E-state index contributed by atoms with van der Waals surface area (Å²) in [5.74, 6) is 2.01. The molecule has 0 spiro atoms. The maximum absolute atomic E-state index is 5.38. The van der Waals surface area contributed by atoms with Gasteiger partial charge >= 0.3 is 0 Å². The van der Waals surface area contributed by atoms with Crippen molar-refractivity contribution in [2.75, 3.05) is 26.8 Å². The van der Waals surface area contributed by atoms with Crippen molar-refractivity contribution < 1.29 is 14.2 Å². The molecule has 142 valence electrons. The summed E-state index contributed by atoms with van der Waals surface area (Å²) in [6.45, 7) is 0. The Bertz CT molecular complexity index is 1170. The fraction of sp³-hybridized carbons (Fsp3) is 0.158. The Balaban J connectivity index is 1.60. The van der Waals surface area contributed by atoms with E-state index in [1.54, 1.807) is 39.7 Å². The van der Waals surface area contributed by atoms with Crippen molar-refractivity contribution in [2.24, 2.45) is 5.10 Å². The lowest BCUT2D eigenvalue weighted by atomic mass is 10.2. The number of hydrogen-bond donors (Lipinski definition) is 2. The molecule has 0 saturated heterocycles. The molecule has 4 aromatic rings. The van der Waals surface area contributed by atoms with Gasteiger partial charge in [-0.3, -0.25) is 0 Å². The molecule has 0 bridgehead atoms. The van der Waals surface area contributed by atoms with Gasteiger partial charge < -0.3 is 19.2 Å². The first-order chi connectivity index (χ1) is 13.7. The summed E-state index contributed by atoms with van der Waals surface area (Å²) in [4.78, 5) is 7.63. The molecule has 0 atom stereocenters. The number of para-hydroxylation sites is 1. The first-order valence-corrected chi connectivity index (χ1v) is 8.43. The number of benzene rings is 2. The number of H-pyrrole nitrogens is 1. The average Bonchev–Trinajstić information content (AvgIpc) is 3.11. The van der Waals surface area contributed by atoms with Crippen LogP contribution in [0.2, 0.25) is 0 Å². The van der Waals surface area contributed by atoms with Crippen LogP contribution >= 0.6 is 0 Å². The van der Waals surface area contributed by atoms with Crippen LogP contribution in [0.25, 0.3) is 22.1 Å². The molecule has 0 fully saturated rings. The lowest BCUT2D eigenvalue weighted by Crippen LogP contribution is -2.00. The summed E-state index contributed by atoms with van der Waals surface area (Å²) in [6, 6.07) is 11.3. The van der Waals surface area contributed by atoms with Gasteiger partial charge in [-0.25, -0.2) is 5.43 Å². The predicted molar refractivity (Wildman–Crippen MR) is 107 cm³/mol. The van der Waals surface area contributed by atoms with Crippen LogP contribution in [0.4, 0.5) is 5.95 Å². The first kappa shape index (κ1) is 17.5. The average molecular weight is 378 g/mol. The molecule has 0 unspecified atom stereocenters. The van der Waals surface area contributed by atoms with Crippen molar-refractivity contribution in [3.05, 3.63) is 42.0 Å². The smallest absolute Gasteiger partial charge is 0.265 e. The summed E-state index contributed by atoms with van der Waals surface area (Å²) in [5, 5.41) is 13.5. The van der Waals surface area contributed by atoms with Crippen LogP contribution in [-0.4, -0.2) is 47.7 Å². The maximum atomic E-state index is 5.38. The number of nitrogens with one attached hydrogen (secondary N) is 2. The number of rotatable bonds is 6. The van der Waals surface area contributed by atoms with Crippen LogP contribution in [0.15, 0.2) is 41.5 Å². The normalized spacial score (nSPS) is 11.2. The number of ether oxygens (including phenoxy) is 3. The number of anilines is 1. The van der Waals surface area contributed by atoms with E-state index in [0.717, 1.165) is 10.9 Å². The van der Waals surface area contributed by atoms with Gasteiger partial charge in [0.15, 0.2) is 17.1 Å². The zero-order valence-corrected chi connectivity index (χ0v) is 15.6. The molecule has 9 heteroatoms. The fourth-order valence-electron chi connectivity index (χ4n) is 2.88. The third kappa shape index (κ3) is 3.13. The number of nitrogens with zero attached hydrogens (tertiary/aromatic N) is 4. The Morgan fingerprint density at radius 3 is 2.50 bits per heavy atom. The van der Waals surface area contributed by atoms with Crippen molar-refractivity contribution in [3.8, 4) is 17.2 Å². The molecular formula is C19H18N6O3. The van der Waals surface area contributed by atoms with E-state index >= 15 is 0 Å². The summed E-state index contributed by atoms with van der Waals surface area (Å²) >= 11 is 0. The molecular weight excluding hydrogens is 360 g/mol. The van der Waals surface area contributed by atoms with Crippen molar-refractivity contribution >= 4 is 34.2 Å². The number of aromatic nitrogens is 4. The largest absolute Gasteiger partial charge is 0.496 e. The lowest BCUT2D eigenvalue weighted by Gasteiger charge is -2.11. The topological polar surface area (TPSA) is 107 Å². The van der Waals surface area contributed by atoms with Gasteiger partial charge in [0.1, 0.15) is 11.3 Å². The molecule has 0 amide bonds. The Labute approximate surface area is 160 Å². The van der Waals surface area contributed by atoms with E-state index in [-0.39, 0.29) is 5.95 Å². The van der Waals surface area contributed by atoms with Crippen molar-refractivity contribution in [1.82, 2.24) is 20.2 Å². The third-order valence-corrected chi connectivity index (χ3v) is 4.23. The van der Waals surface area contributed by atoms with Gasteiger partial charge in [0, 0.05) is 22.5 Å². The molecule has 4 rings (SSSR count). The van der Waals surface area contributed by atoms with Gasteiger partial charge in [-0.2, -0.15) is 10.1 Å². The first-order valence-electron chi connectivity index (χ1n) is 8.43. The van der Waals surface area contributed by atoms with E-state index in [0.29, 0.717) is 34.0 Å². The molecule has 0 aliphatic carbocycles. The number of methoxy groups -OCH3 is 3. The molecule has 2 heterocycles. The molecule has 2 N–H and O–H groups in total. The highest BCUT2D eigenvalue weighted by Gasteiger charge is 2.11. The van der Waals surface area contributed by atoms with E-state index < -0.39 is 0 Å². The zero-order valence-electron chi connectivity index (χ0n) is 15.6. The Morgan fingerprint density at radius 1 is 0.964 bits per heavy atom. The highest BCUT2D eigenvalue weighted by molar-refractivity contribution is 6.03. The van der Waals surface area contributed by atoms with E-state index in [9.17, 15) is 0 Å². The Morgan fingerprint density at radius 2 is 1.71 bits per heavy atom. The zero-order chi connectivity index (χ0) is 19.5. The van der Waals surface area contributed by atoms with Gasteiger partial charge in [0.25, 0.3) is 5.95 Å². The SMILES string of the molecule is COc1cc(OC)c(OC)cc1/C=N/Nc1nnc2c(n1)[nH]c1ccccc12. The highest BCUT2D eigenvalue weighted by atomic mass is 16.5. The Kier molecular flexibility index (Phi) is 4.63. The van der Waals surface area contributed by atoms with Crippen molar-refractivity contribution in [2.45, 2.75) is 0 Å². The number of hydrogen-bond acceptors (Lipinski definition) is 8. The molecule has 9 nitrogen and oxygen atoms in total. The van der Waals surface area contributed by atoms with Crippen LogP contribution < -0.4 is 19.6 Å². The minimum atomic E-state index is 0.273. The molecule has 0 radical (unpaired) electrons. The minimum absolute atomic E-state index is 0.273. The van der Waals surface area contributed by atoms with E-state index in [4.69, 9.17) is 14.2 Å². The minimum Gasteiger partial charge on any atom is -0.496 e. The molecule has 28 heavy (non-hydrogen) atoms. The van der Waals surface area contributed by atoms with Crippen LogP contribution in [0, 0.1) is 0 Å². The second-order valence-electron chi connectivity index (χ2n) is 5.82. The second-order valence-corrected chi connectivity index (χ2v) is 5.82. The summed E-state index contributed by atoms with van der Waals surface area (Å²) in [7, 11) is 4.71. The van der Waals surface area contributed by atoms with Crippen molar-refractivity contribution in [1.29, 1.82) is 0 Å². The maximum Gasteiger partial charge on any atom is 0.265 e. The molecule has 0 saturated carbocycles. The van der Waals surface area contributed by atoms with Crippen LogP contribution in [0.1, 0.15) is 5.56 Å². The van der Waals surface area contributed by atoms with E-state index in [1.165, 1.54) is 0 Å². The van der Waals surface area contributed by atoms with E-state index in [1.807, 2.05) is 24.3 Å². The molecule has 0 aliphatic rings. The summed E-state index contributed by atoms with van der Waals surface area (Å²) < 4.78 is 16.0. The van der Waals surface area contributed by atoms with Gasteiger partial charge in [-0.15, -0.1) is 10.2 Å². The molecule has 2 aromatic heterocycles. The van der Waals surface area contributed by atoms with Crippen LogP contribution in [0.3, 0.4) is 0 Å². The number of hydrazone groups is 1.